The van der Waals surface area contributed by atoms with E-state index in [4.69, 9.17) is 16.7 Å². The van der Waals surface area contributed by atoms with Crippen LogP contribution < -0.4 is 9.86 Å². The Bertz CT molecular complexity index is 1650. The third-order valence-corrected chi connectivity index (χ3v) is 7.10. The highest BCUT2D eigenvalue weighted by Gasteiger charge is 2.29. The van der Waals surface area contributed by atoms with Crippen molar-refractivity contribution in [2.24, 2.45) is 5.14 Å². The topological polar surface area (TPSA) is 145 Å². The predicted molar refractivity (Wildman–Crippen MR) is 133 cm³/mol. The molecule has 182 valence electrons. The number of nitrogens with zero attached hydrogens (tertiary/aromatic N) is 1. The molecule has 0 unspecified atom stereocenters. The lowest BCUT2D eigenvalue weighted by Gasteiger charge is -2.14. The fraction of sp³-hybridized carbons (Fsp3) is 0.130. The highest BCUT2D eigenvalue weighted by molar-refractivity contribution is 7.89. The van der Waals surface area contributed by atoms with E-state index in [-0.39, 0.29) is 40.5 Å². The standard InChI is InChI=1S/C23H20ClN3O6S2/c1-34(30,31)26-23(29)22-21(17-4-2-3-5-20(17)28)18-12-15(24)8-11-19(18)27(22)13-14-6-9-16(10-7-14)35(25,32)33/h2-4,6-12H,5,13H2,1H3,(H,26,29)(H2,25,32,33). The normalized spacial score (nSPS) is 14.3. The van der Waals surface area contributed by atoms with Crippen LogP contribution in [0.1, 0.15) is 28.0 Å². The van der Waals surface area contributed by atoms with E-state index >= 15 is 0 Å². The Morgan fingerprint density at radius 3 is 2.40 bits per heavy atom. The number of ketones is 1. The monoisotopic (exact) mass is 533 g/mol. The van der Waals surface area contributed by atoms with Crippen molar-refractivity contribution in [3.05, 3.63) is 82.5 Å². The van der Waals surface area contributed by atoms with Gasteiger partial charge in [-0.3, -0.25) is 9.59 Å². The molecule has 9 nitrogen and oxygen atoms in total. The maximum Gasteiger partial charge on any atom is 0.282 e. The zero-order valence-electron chi connectivity index (χ0n) is 18.4. The molecule has 12 heteroatoms. The van der Waals surface area contributed by atoms with Crippen molar-refractivity contribution in [3.63, 3.8) is 0 Å². The average Bonchev–Trinajstić information content (AvgIpc) is 3.06. The van der Waals surface area contributed by atoms with Gasteiger partial charge in [0.1, 0.15) is 5.69 Å². The Kier molecular flexibility index (Phi) is 6.45. The van der Waals surface area contributed by atoms with E-state index in [1.807, 2.05) is 4.72 Å². The van der Waals surface area contributed by atoms with Gasteiger partial charge in [-0.1, -0.05) is 42.0 Å². The molecule has 4 rings (SSSR count). The fourth-order valence-corrected chi connectivity index (χ4v) is 5.07. The molecule has 1 aromatic heterocycles. The van der Waals surface area contributed by atoms with Gasteiger partial charge in [0.25, 0.3) is 5.91 Å². The van der Waals surface area contributed by atoms with Crippen LogP contribution in [0.15, 0.2) is 65.6 Å². The van der Waals surface area contributed by atoms with Crippen LogP contribution in [0.5, 0.6) is 0 Å². The highest BCUT2D eigenvalue weighted by atomic mass is 35.5. The SMILES string of the molecule is CS(=O)(=O)NC(=O)c1c(C2=CC=CCC2=O)c2cc(Cl)ccc2n1Cc1ccc(S(N)(=O)=O)cc1. The van der Waals surface area contributed by atoms with Gasteiger partial charge in [0.2, 0.25) is 20.0 Å². The Balaban J connectivity index is 1.99. The van der Waals surface area contributed by atoms with E-state index < -0.39 is 26.0 Å². The molecular weight excluding hydrogens is 514 g/mol. The molecule has 0 saturated heterocycles. The summed E-state index contributed by atoms with van der Waals surface area (Å²) in [5.74, 6) is -1.16. The number of nitrogens with two attached hydrogens (primary N) is 1. The summed E-state index contributed by atoms with van der Waals surface area (Å²) in [6, 6.07) is 10.6. The molecule has 0 aliphatic heterocycles. The minimum atomic E-state index is -3.93. The van der Waals surface area contributed by atoms with Crippen LogP contribution in [0.25, 0.3) is 16.5 Å². The van der Waals surface area contributed by atoms with Gasteiger partial charge in [0.15, 0.2) is 5.78 Å². The number of carbonyl (C=O) groups excluding carboxylic acids is 2. The molecule has 0 fully saturated rings. The number of aromatic nitrogens is 1. The second kappa shape index (κ2) is 9.08. The van der Waals surface area contributed by atoms with Crippen LogP contribution in [-0.4, -0.2) is 39.3 Å². The van der Waals surface area contributed by atoms with Gasteiger partial charge in [-0.2, -0.15) is 0 Å². The van der Waals surface area contributed by atoms with Crippen molar-refractivity contribution in [2.45, 2.75) is 17.9 Å². The van der Waals surface area contributed by atoms with Crippen LogP contribution in [0, 0.1) is 0 Å². The van der Waals surface area contributed by atoms with Gasteiger partial charge in [0.05, 0.1) is 11.2 Å². The lowest BCUT2D eigenvalue weighted by Crippen LogP contribution is -2.32. The predicted octanol–water partition coefficient (Wildman–Crippen LogP) is 2.59. The maximum atomic E-state index is 13.3. The lowest BCUT2D eigenvalue weighted by atomic mass is 9.93. The molecular formula is C23H20ClN3O6S2. The first kappa shape index (κ1) is 24.9. The minimum absolute atomic E-state index is 0.0434. The number of nitrogens with one attached hydrogen (secondary N) is 1. The Labute approximate surface area is 207 Å². The number of halogens is 1. The number of carbonyl (C=O) groups is 2. The number of sulfonamides is 2. The number of fused-ring (bicyclic) bond motifs is 1. The van der Waals surface area contributed by atoms with Crippen LogP contribution >= 0.6 is 11.6 Å². The molecule has 0 radical (unpaired) electrons. The van der Waals surface area contributed by atoms with E-state index in [1.165, 1.54) is 24.3 Å². The van der Waals surface area contributed by atoms with Gasteiger partial charge in [-0.25, -0.2) is 26.7 Å². The first-order valence-electron chi connectivity index (χ1n) is 10.2. The fourth-order valence-electron chi connectivity index (χ4n) is 3.95. The summed E-state index contributed by atoms with van der Waals surface area (Å²) in [7, 11) is -7.82. The first-order valence-corrected chi connectivity index (χ1v) is 14.0. The number of amides is 1. The Hall–Kier alpha value is -3.25. The van der Waals surface area contributed by atoms with Gasteiger partial charge < -0.3 is 4.57 Å². The summed E-state index contributed by atoms with van der Waals surface area (Å²) in [4.78, 5) is 26.0. The zero-order valence-corrected chi connectivity index (χ0v) is 20.7. The molecule has 1 aliphatic carbocycles. The smallest absolute Gasteiger partial charge is 0.282 e. The molecule has 3 aromatic rings. The van der Waals surface area contributed by atoms with Crippen LogP contribution in [0.3, 0.4) is 0 Å². The van der Waals surface area contributed by atoms with Gasteiger partial charge in [-0.15, -0.1) is 0 Å². The van der Waals surface area contributed by atoms with E-state index in [1.54, 1.807) is 41.0 Å². The minimum Gasteiger partial charge on any atom is -0.331 e. The van der Waals surface area contributed by atoms with Crippen molar-refractivity contribution in [3.8, 4) is 0 Å². The molecule has 3 N–H and O–H groups in total. The summed E-state index contributed by atoms with van der Waals surface area (Å²) < 4.78 is 50.6. The summed E-state index contributed by atoms with van der Waals surface area (Å²) in [5, 5.41) is 6.03. The third kappa shape index (κ3) is 5.22. The molecule has 0 bridgehead atoms. The molecule has 0 saturated carbocycles. The van der Waals surface area contributed by atoms with E-state index in [0.717, 1.165) is 6.26 Å². The van der Waals surface area contributed by atoms with Crippen molar-refractivity contribution in [1.29, 1.82) is 0 Å². The Morgan fingerprint density at radius 2 is 1.80 bits per heavy atom. The number of hydrogen-bond acceptors (Lipinski definition) is 6. The number of allylic oxidation sites excluding steroid dienone is 4. The molecule has 1 heterocycles. The summed E-state index contributed by atoms with van der Waals surface area (Å²) in [6.07, 6.45) is 5.93. The molecule has 35 heavy (non-hydrogen) atoms. The third-order valence-electron chi connectivity index (χ3n) is 5.38. The first-order chi connectivity index (χ1) is 16.3. The molecule has 0 spiro atoms. The average molecular weight is 534 g/mol. The summed E-state index contributed by atoms with van der Waals surface area (Å²) in [6.45, 7) is 0.0624. The molecule has 1 aliphatic rings. The van der Waals surface area contributed by atoms with Crippen LogP contribution in [-0.2, 0) is 31.4 Å². The van der Waals surface area contributed by atoms with Crippen LogP contribution in [0.4, 0.5) is 0 Å². The quantitative estimate of drug-likeness (QED) is 0.498. The van der Waals surface area contributed by atoms with E-state index in [9.17, 15) is 26.4 Å². The van der Waals surface area contributed by atoms with Crippen molar-refractivity contribution >= 4 is 59.8 Å². The van der Waals surface area contributed by atoms with Gasteiger partial charge in [-0.05, 0) is 35.9 Å². The molecule has 2 aromatic carbocycles. The molecule has 0 atom stereocenters. The summed E-state index contributed by atoms with van der Waals surface area (Å²) >= 11 is 6.24. The van der Waals surface area contributed by atoms with Crippen molar-refractivity contribution < 1.29 is 26.4 Å². The van der Waals surface area contributed by atoms with Gasteiger partial charge in [0, 0.05) is 40.0 Å². The zero-order chi connectivity index (χ0) is 25.5. The maximum absolute atomic E-state index is 13.3. The number of benzene rings is 2. The second-order valence-electron chi connectivity index (χ2n) is 8.00. The van der Waals surface area contributed by atoms with Crippen molar-refractivity contribution in [2.75, 3.05) is 6.26 Å². The van der Waals surface area contributed by atoms with E-state index in [0.29, 0.717) is 21.5 Å². The number of Topliss-reactive ketones (excluding diaryl/α,β-unsaturated/α-hetero) is 1. The second-order valence-corrected chi connectivity index (χ2v) is 11.7. The lowest BCUT2D eigenvalue weighted by molar-refractivity contribution is -0.113. The van der Waals surface area contributed by atoms with Crippen molar-refractivity contribution in [1.82, 2.24) is 9.29 Å². The largest absolute Gasteiger partial charge is 0.331 e. The number of rotatable bonds is 6. The Morgan fingerprint density at radius 1 is 1.11 bits per heavy atom. The van der Waals surface area contributed by atoms with E-state index in [2.05, 4.69) is 0 Å². The summed E-state index contributed by atoms with van der Waals surface area (Å²) in [5.41, 5.74) is 1.61. The number of primary sulfonamides is 1. The van der Waals surface area contributed by atoms with Crippen LogP contribution in [0.2, 0.25) is 5.02 Å². The highest BCUT2D eigenvalue weighted by Crippen LogP contribution is 2.36. The van der Waals surface area contributed by atoms with Gasteiger partial charge >= 0.3 is 0 Å². The molecule has 1 amide bonds. The number of hydrogen-bond donors (Lipinski definition) is 2.